The van der Waals surface area contributed by atoms with Gasteiger partial charge in [0.05, 0.1) is 7.11 Å². The van der Waals surface area contributed by atoms with E-state index < -0.39 is 0 Å². The van der Waals surface area contributed by atoms with Crippen molar-refractivity contribution < 1.29 is 9.53 Å². The molecule has 0 aliphatic heterocycles. The van der Waals surface area contributed by atoms with Crippen molar-refractivity contribution in [3.63, 3.8) is 0 Å². The fraction of sp³-hybridized carbons (Fsp3) is 0.158. The van der Waals surface area contributed by atoms with Crippen molar-refractivity contribution in [3.05, 3.63) is 71.8 Å². The Morgan fingerprint density at radius 1 is 1.12 bits per heavy atom. The van der Waals surface area contributed by atoms with Crippen molar-refractivity contribution in [2.45, 2.75) is 13.5 Å². The summed E-state index contributed by atoms with van der Waals surface area (Å²) >= 11 is 0. The molecular weight excluding hydrogens is 330 g/mol. The summed E-state index contributed by atoms with van der Waals surface area (Å²) in [5.41, 5.74) is 2.74. The fourth-order valence-corrected chi connectivity index (χ4v) is 2.34. The van der Waals surface area contributed by atoms with E-state index >= 15 is 0 Å². The van der Waals surface area contributed by atoms with Gasteiger partial charge in [-0.1, -0.05) is 6.07 Å². The van der Waals surface area contributed by atoms with Crippen LogP contribution >= 0.6 is 0 Å². The van der Waals surface area contributed by atoms with Crippen molar-refractivity contribution in [1.82, 2.24) is 20.3 Å². The van der Waals surface area contributed by atoms with Gasteiger partial charge in [0.15, 0.2) is 0 Å². The molecule has 0 spiro atoms. The molecule has 1 aromatic carbocycles. The highest BCUT2D eigenvalue weighted by Crippen LogP contribution is 2.19. The third kappa shape index (κ3) is 4.54. The van der Waals surface area contributed by atoms with Crippen molar-refractivity contribution in [1.29, 1.82) is 0 Å². The zero-order valence-corrected chi connectivity index (χ0v) is 14.6. The van der Waals surface area contributed by atoms with Gasteiger partial charge in [0.25, 0.3) is 5.91 Å². The lowest BCUT2D eigenvalue weighted by molar-refractivity contribution is 0.0945. The highest BCUT2D eigenvalue weighted by atomic mass is 16.5. The Balaban J connectivity index is 1.73. The molecule has 0 fully saturated rings. The van der Waals surface area contributed by atoms with Gasteiger partial charge < -0.3 is 15.4 Å². The average molecular weight is 349 g/mol. The third-order valence-electron chi connectivity index (χ3n) is 3.62. The Bertz CT molecular complexity index is 899. The molecule has 0 aliphatic rings. The summed E-state index contributed by atoms with van der Waals surface area (Å²) in [7, 11) is 1.60. The van der Waals surface area contributed by atoms with Crippen molar-refractivity contribution >= 4 is 17.5 Å². The number of methoxy groups -OCH3 is 1. The summed E-state index contributed by atoms with van der Waals surface area (Å²) < 4.78 is 5.20. The molecule has 132 valence electrons. The molecule has 0 unspecified atom stereocenters. The largest absolute Gasteiger partial charge is 0.497 e. The number of nitrogens with zero attached hydrogens (tertiary/aromatic N) is 3. The minimum Gasteiger partial charge on any atom is -0.497 e. The van der Waals surface area contributed by atoms with E-state index in [2.05, 4.69) is 25.6 Å². The zero-order valence-electron chi connectivity index (χ0n) is 14.6. The summed E-state index contributed by atoms with van der Waals surface area (Å²) in [6.45, 7) is 2.22. The maximum atomic E-state index is 12.4. The molecule has 7 heteroatoms. The Labute approximate surface area is 151 Å². The first kappa shape index (κ1) is 17.3. The minimum atomic E-state index is -0.263. The van der Waals surface area contributed by atoms with E-state index in [0.29, 0.717) is 23.9 Å². The number of carbonyl (C=O) groups excluding carboxylic acids is 1. The predicted octanol–water partition coefficient (Wildman–Crippen LogP) is 2.86. The summed E-state index contributed by atoms with van der Waals surface area (Å²) in [6.07, 6.45) is 3.37. The molecule has 0 saturated heterocycles. The molecule has 2 N–H and O–H groups in total. The first-order chi connectivity index (χ1) is 12.6. The molecule has 3 rings (SSSR count). The molecule has 0 saturated carbocycles. The highest BCUT2D eigenvalue weighted by molar-refractivity contribution is 5.92. The van der Waals surface area contributed by atoms with Gasteiger partial charge in [-0.2, -0.15) is 0 Å². The maximum absolute atomic E-state index is 12.4. The Morgan fingerprint density at radius 3 is 2.69 bits per heavy atom. The molecule has 0 radical (unpaired) electrons. The van der Waals surface area contributed by atoms with Crippen LogP contribution in [0, 0.1) is 6.92 Å². The molecule has 0 bridgehead atoms. The van der Waals surface area contributed by atoms with Crippen LogP contribution in [0.5, 0.6) is 5.75 Å². The molecule has 0 aliphatic carbocycles. The number of hydrogen-bond donors (Lipinski definition) is 2. The van der Waals surface area contributed by atoms with Gasteiger partial charge in [-0.05, 0) is 42.8 Å². The first-order valence-electron chi connectivity index (χ1n) is 8.08. The number of benzene rings is 1. The van der Waals surface area contributed by atoms with Crippen LogP contribution in [0.3, 0.4) is 0 Å². The lowest BCUT2D eigenvalue weighted by atomic mass is 10.2. The Kier molecular flexibility index (Phi) is 5.38. The van der Waals surface area contributed by atoms with Gasteiger partial charge in [-0.3, -0.25) is 9.78 Å². The van der Waals surface area contributed by atoms with Crippen LogP contribution in [0.15, 0.2) is 54.9 Å². The normalized spacial score (nSPS) is 10.2. The molecule has 7 nitrogen and oxygen atoms in total. The topological polar surface area (TPSA) is 89.0 Å². The predicted molar refractivity (Wildman–Crippen MR) is 98.5 cm³/mol. The van der Waals surface area contributed by atoms with E-state index in [9.17, 15) is 4.79 Å². The SMILES string of the molecule is COc1cccc(Nc2nc(C)cc(C(=O)NCc3ccncc3)n2)c1. The average Bonchev–Trinajstić information content (AvgIpc) is 2.66. The van der Waals surface area contributed by atoms with Crippen molar-refractivity contribution in [3.8, 4) is 5.75 Å². The summed E-state index contributed by atoms with van der Waals surface area (Å²) in [6, 6.07) is 12.8. The van der Waals surface area contributed by atoms with Crippen LogP contribution < -0.4 is 15.4 Å². The molecule has 2 heterocycles. The van der Waals surface area contributed by atoms with Gasteiger partial charge in [-0.25, -0.2) is 9.97 Å². The van der Waals surface area contributed by atoms with Crippen LogP contribution in [-0.2, 0) is 6.54 Å². The summed E-state index contributed by atoms with van der Waals surface area (Å²) in [5, 5.41) is 5.95. The zero-order chi connectivity index (χ0) is 18.4. The molecule has 2 aromatic heterocycles. The number of hydrogen-bond acceptors (Lipinski definition) is 6. The van der Waals surface area contributed by atoms with E-state index in [4.69, 9.17) is 4.74 Å². The number of aryl methyl sites for hydroxylation is 1. The van der Waals surface area contributed by atoms with Gasteiger partial charge in [0.1, 0.15) is 11.4 Å². The van der Waals surface area contributed by atoms with E-state index in [1.165, 1.54) is 0 Å². The van der Waals surface area contributed by atoms with Crippen molar-refractivity contribution in [2.75, 3.05) is 12.4 Å². The number of aromatic nitrogens is 3. The second-order valence-electron chi connectivity index (χ2n) is 5.61. The smallest absolute Gasteiger partial charge is 0.270 e. The summed E-state index contributed by atoms with van der Waals surface area (Å²) in [4.78, 5) is 25.0. The maximum Gasteiger partial charge on any atom is 0.270 e. The number of rotatable bonds is 6. The van der Waals surface area contributed by atoms with Gasteiger partial charge in [0, 0.05) is 36.4 Å². The van der Waals surface area contributed by atoms with E-state index in [1.807, 2.05) is 43.3 Å². The molecule has 3 aromatic rings. The minimum absolute atomic E-state index is 0.263. The number of ether oxygens (including phenoxy) is 1. The summed E-state index contributed by atoms with van der Waals surface area (Å²) in [5.74, 6) is 0.811. The second kappa shape index (κ2) is 8.06. The standard InChI is InChI=1S/C19H19N5O2/c1-13-10-17(18(25)21-12-14-6-8-20-9-7-14)24-19(22-13)23-15-4-3-5-16(11-15)26-2/h3-11H,12H2,1-2H3,(H,21,25)(H,22,23,24). The molecule has 1 amide bonds. The van der Waals surface area contributed by atoms with E-state index in [-0.39, 0.29) is 5.91 Å². The third-order valence-corrected chi connectivity index (χ3v) is 3.62. The van der Waals surface area contributed by atoms with E-state index in [1.54, 1.807) is 25.6 Å². The lowest BCUT2D eigenvalue weighted by Crippen LogP contribution is -2.24. The van der Waals surface area contributed by atoms with Gasteiger partial charge >= 0.3 is 0 Å². The number of amides is 1. The monoisotopic (exact) mass is 349 g/mol. The first-order valence-corrected chi connectivity index (χ1v) is 8.08. The van der Waals surface area contributed by atoms with Crippen LogP contribution in [0.4, 0.5) is 11.6 Å². The highest BCUT2D eigenvalue weighted by Gasteiger charge is 2.11. The van der Waals surface area contributed by atoms with Crippen LogP contribution in [0.2, 0.25) is 0 Å². The quantitative estimate of drug-likeness (QED) is 0.711. The number of pyridine rings is 1. The fourth-order valence-electron chi connectivity index (χ4n) is 2.34. The number of anilines is 2. The number of carbonyl (C=O) groups is 1. The van der Waals surface area contributed by atoms with Crippen LogP contribution in [-0.4, -0.2) is 28.0 Å². The van der Waals surface area contributed by atoms with Crippen LogP contribution in [0.25, 0.3) is 0 Å². The van der Waals surface area contributed by atoms with Gasteiger partial charge in [0.2, 0.25) is 5.95 Å². The van der Waals surface area contributed by atoms with E-state index in [0.717, 1.165) is 17.0 Å². The van der Waals surface area contributed by atoms with Crippen LogP contribution in [0.1, 0.15) is 21.7 Å². The van der Waals surface area contributed by atoms with Crippen molar-refractivity contribution in [2.24, 2.45) is 0 Å². The molecule has 0 atom stereocenters. The lowest BCUT2D eigenvalue weighted by Gasteiger charge is -2.10. The number of nitrogens with one attached hydrogen (secondary N) is 2. The molecule has 26 heavy (non-hydrogen) atoms. The van der Waals surface area contributed by atoms with Gasteiger partial charge in [-0.15, -0.1) is 0 Å². The Morgan fingerprint density at radius 2 is 1.92 bits per heavy atom. The molecular formula is C19H19N5O2. The second-order valence-corrected chi connectivity index (χ2v) is 5.61. The Hall–Kier alpha value is -3.48.